The molecule has 2 atom stereocenters. The van der Waals surface area contributed by atoms with Crippen molar-refractivity contribution < 1.29 is 9.13 Å². The minimum Gasteiger partial charge on any atom is -0.493 e. The van der Waals surface area contributed by atoms with Gasteiger partial charge in [0, 0.05) is 17.5 Å². The Morgan fingerprint density at radius 2 is 2.31 bits per heavy atom. The zero-order valence-electron chi connectivity index (χ0n) is 9.21. The first-order valence-corrected chi connectivity index (χ1v) is 5.97. The Bertz CT molecular complexity index is 388. The lowest BCUT2D eigenvalue weighted by molar-refractivity contribution is 0.257. The molecule has 3 rings (SSSR count). The van der Waals surface area contributed by atoms with Gasteiger partial charge in [-0.05, 0) is 37.9 Å². The standard InChI is InChI=1S/C13H16FNO/c14-10-3-4-11-12(8-16-13(11)6-10)9-2-1-5-15-7-9/h3-4,6,9,12,15H,1-2,5,7-8H2/t9-,12-/m0/s1. The maximum absolute atomic E-state index is 13.0. The van der Waals surface area contributed by atoms with Crippen molar-refractivity contribution in [2.45, 2.75) is 18.8 Å². The quantitative estimate of drug-likeness (QED) is 0.785. The summed E-state index contributed by atoms with van der Waals surface area (Å²) in [5.74, 6) is 1.63. The summed E-state index contributed by atoms with van der Waals surface area (Å²) in [6.07, 6.45) is 2.48. The van der Waals surface area contributed by atoms with Gasteiger partial charge in [-0.25, -0.2) is 4.39 Å². The summed E-state index contributed by atoms with van der Waals surface area (Å²) in [4.78, 5) is 0. The first kappa shape index (κ1) is 10.1. The largest absolute Gasteiger partial charge is 0.493 e. The van der Waals surface area contributed by atoms with Gasteiger partial charge in [0.15, 0.2) is 0 Å². The zero-order valence-corrected chi connectivity index (χ0v) is 9.21. The Kier molecular flexibility index (Phi) is 2.56. The Morgan fingerprint density at radius 3 is 3.12 bits per heavy atom. The second-order valence-corrected chi connectivity index (χ2v) is 4.71. The molecule has 86 valence electrons. The van der Waals surface area contributed by atoms with Gasteiger partial charge in [0.2, 0.25) is 0 Å². The molecule has 1 aromatic carbocycles. The zero-order chi connectivity index (χ0) is 11.0. The van der Waals surface area contributed by atoms with Gasteiger partial charge < -0.3 is 10.1 Å². The van der Waals surface area contributed by atoms with Gasteiger partial charge in [-0.3, -0.25) is 0 Å². The topological polar surface area (TPSA) is 21.3 Å². The molecule has 1 fully saturated rings. The van der Waals surface area contributed by atoms with Crippen molar-refractivity contribution in [3.8, 4) is 5.75 Å². The van der Waals surface area contributed by atoms with Crippen molar-refractivity contribution in [1.82, 2.24) is 5.32 Å². The highest BCUT2D eigenvalue weighted by Crippen LogP contribution is 2.40. The van der Waals surface area contributed by atoms with E-state index in [2.05, 4.69) is 5.32 Å². The maximum Gasteiger partial charge on any atom is 0.126 e. The van der Waals surface area contributed by atoms with Crippen LogP contribution in [0.1, 0.15) is 24.3 Å². The van der Waals surface area contributed by atoms with E-state index in [1.165, 1.54) is 30.5 Å². The number of piperidine rings is 1. The Hall–Kier alpha value is -1.09. The van der Waals surface area contributed by atoms with E-state index in [9.17, 15) is 4.39 Å². The van der Waals surface area contributed by atoms with Crippen molar-refractivity contribution in [2.75, 3.05) is 19.7 Å². The molecule has 0 bridgehead atoms. The molecule has 1 aromatic rings. The van der Waals surface area contributed by atoms with Crippen molar-refractivity contribution in [1.29, 1.82) is 0 Å². The highest BCUT2D eigenvalue weighted by atomic mass is 19.1. The molecule has 0 saturated carbocycles. The average molecular weight is 221 g/mol. The van der Waals surface area contributed by atoms with Gasteiger partial charge in [-0.2, -0.15) is 0 Å². The Labute approximate surface area is 94.8 Å². The third-order valence-electron chi connectivity index (χ3n) is 3.70. The van der Waals surface area contributed by atoms with Crippen LogP contribution in [0.15, 0.2) is 18.2 Å². The summed E-state index contributed by atoms with van der Waals surface area (Å²) in [7, 11) is 0. The normalized spacial score (nSPS) is 28.6. The Morgan fingerprint density at radius 1 is 1.38 bits per heavy atom. The number of hydrogen-bond acceptors (Lipinski definition) is 2. The predicted molar refractivity (Wildman–Crippen MR) is 60.2 cm³/mol. The van der Waals surface area contributed by atoms with Crippen molar-refractivity contribution in [3.63, 3.8) is 0 Å². The average Bonchev–Trinajstić information content (AvgIpc) is 2.73. The van der Waals surface area contributed by atoms with Gasteiger partial charge in [-0.15, -0.1) is 0 Å². The van der Waals surface area contributed by atoms with Gasteiger partial charge in [0.05, 0.1) is 6.61 Å². The fourth-order valence-electron chi connectivity index (χ4n) is 2.82. The number of nitrogens with one attached hydrogen (secondary N) is 1. The minimum absolute atomic E-state index is 0.207. The maximum atomic E-state index is 13.0. The third-order valence-corrected chi connectivity index (χ3v) is 3.70. The summed E-state index contributed by atoms with van der Waals surface area (Å²) < 4.78 is 18.6. The van der Waals surface area contributed by atoms with Crippen LogP contribution in [0.4, 0.5) is 4.39 Å². The lowest BCUT2D eigenvalue weighted by Gasteiger charge is -2.27. The highest BCUT2D eigenvalue weighted by Gasteiger charge is 2.32. The molecule has 1 N–H and O–H groups in total. The number of benzene rings is 1. The fraction of sp³-hybridized carbons (Fsp3) is 0.538. The van der Waals surface area contributed by atoms with E-state index < -0.39 is 0 Å². The molecule has 0 amide bonds. The molecular weight excluding hydrogens is 205 g/mol. The van der Waals surface area contributed by atoms with E-state index in [-0.39, 0.29) is 5.82 Å². The van der Waals surface area contributed by atoms with E-state index >= 15 is 0 Å². The molecule has 0 aromatic heterocycles. The Balaban J connectivity index is 1.84. The molecule has 2 heterocycles. The highest BCUT2D eigenvalue weighted by molar-refractivity contribution is 5.40. The summed E-state index contributed by atoms with van der Waals surface area (Å²) >= 11 is 0. The smallest absolute Gasteiger partial charge is 0.126 e. The van der Waals surface area contributed by atoms with Crippen LogP contribution in [0.3, 0.4) is 0 Å². The molecule has 2 aliphatic rings. The van der Waals surface area contributed by atoms with Gasteiger partial charge in [0.25, 0.3) is 0 Å². The van der Waals surface area contributed by atoms with E-state index in [0.717, 1.165) is 18.8 Å². The molecule has 2 aliphatic heterocycles. The molecule has 1 saturated heterocycles. The number of ether oxygens (including phenoxy) is 1. The molecule has 2 nitrogen and oxygen atoms in total. The predicted octanol–water partition coefficient (Wildman–Crippen LogP) is 2.30. The number of rotatable bonds is 1. The van der Waals surface area contributed by atoms with Gasteiger partial charge >= 0.3 is 0 Å². The fourth-order valence-corrected chi connectivity index (χ4v) is 2.82. The van der Waals surface area contributed by atoms with Gasteiger partial charge in [0.1, 0.15) is 11.6 Å². The van der Waals surface area contributed by atoms with E-state index in [0.29, 0.717) is 18.4 Å². The lowest BCUT2D eigenvalue weighted by atomic mass is 9.83. The van der Waals surface area contributed by atoms with Crippen molar-refractivity contribution in [2.24, 2.45) is 5.92 Å². The van der Waals surface area contributed by atoms with Gasteiger partial charge in [-0.1, -0.05) is 6.07 Å². The van der Waals surface area contributed by atoms with Crippen LogP contribution in [0, 0.1) is 11.7 Å². The molecule has 3 heteroatoms. The summed E-state index contributed by atoms with van der Waals surface area (Å²) in [5.41, 5.74) is 1.19. The van der Waals surface area contributed by atoms with Crippen LogP contribution in [-0.2, 0) is 0 Å². The molecule has 0 aliphatic carbocycles. The van der Waals surface area contributed by atoms with Crippen LogP contribution in [-0.4, -0.2) is 19.7 Å². The summed E-state index contributed by atoms with van der Waals surface area (Å²) in [5, 5.41) is 3.42. The first-order chi connectivity index (χ1) is 7.84. The van der Waals surface area contributed by atoms with E-state index in [1.807, 2.05) is 6.07 Å². The van der Waals surface area contributed by atoms with Crippen LogP contribution in [0.25, 0.3) is 0 Å². The second kappa shape index (κ2) is 4.06. The number of fused-ring (bicyclic) bond motifs is 1. The van der Waals surface area contributed by atoms with Crippen LogP contribution in [0.5, 0.6) is 5.75 Å². The monoisotopic (exact) mass is 221 g/mol. The second-order valence-electron chi connectivity index (χ2n) is 4.71. The molecule has 0 spiro atoms. The summed E-state index contributed by atoms with van der Waals surface area (Å²) in [6.45, 7) is 2.90. The summed E-state index contributed by atoms with van der Waals surface area (Å²) in [6, 6.07) is 4.93. The van der Waals surface area contributed by atoms with Crippen LogP contribution >= 0.6 is 0 Å². The SMILES string of the molecule is Fc1ccc2c(c1)OC[C@H]2[C@H]1CCCNC1. The minimum atomic E-state index is -0.207. The number of hydrogen-bond donors (Lipinski definition) is 1. The van der Waals surface area contributed by atoms with Crippen molar-refractivity contribution in [3.05, 3.63) is 29.6 Å². The van der Waals surface area contributed by atoms with E-state index in [1.54, 1.807) is 0 Å². The third kappa shape index (κ3) is 1.69. The van der Waals surface area contributed by atoms with Crippen molar-refractivity contribution >= 4 is 0 Å². The molecule has 16 heavy (non-hydrogen) atoms. The molecule has 0 unspecified atom stereocenters. The van der Waals surface area contributed by atoms with Crippen LogP contribution < -0.4 is 10.1 Å². The van der Waals surface area contributed by atoms with E-state index in [4.69, 9.17) is 4.74 Å². The number of halogens is 1. The lowest BCUT2D eigenvalue weighted by Crippen LogP contribution is -2.33. The molecular formula is C13H16FNO. The first-order valence-electron chi connectivity index (χ1n) is 5.97. The molecule has 0 radical (unpaired) electrons. The van der Waals surface area contributed by atoms with Crippen LogP contribution in [0.2, 0.25) is 0 Å².